The first-order valence-corrected chi connectivity index (χ1v) is 11.9. The first-order valence-electron chi connectivity index (χ1n) is 11.9. The normalized spacial score (nSPS) is 20.1. The Bertz CT molecular complexity index is 951. The largest absolute Gasteiger partial charge is 0.508 e. The van der Waals surface area contributed by atoms with E-state index < -0.39 is 0 Å². The molecule has 2 unspecified atom stereocenters. The van der Waals surface area contributed by atoms with Gasteiger partial charge in [-0.05, 0) is 41.4 Å². The van der Waals surface area contributed by atoms with Crippen molar-refractivity contribution < 1.29 is 10.2 Å². The van der Waals surface area contributed by atoms with Crippen LogP contribution in [0.3, 0.4) is 0 Å². The smallest absolute Gasteiger partial charge is 0.128 e. The quantitative estimate of drug-likeness (QED) is 0.488. The fraction of sp³-hybridized carbons (Fsp3) is 0.536. The molecule has 1 fully saturated rings. The van der Waals surface area contributed by atoms with Crippen LogP contribution in [-0.2, 0) is 17.4 Å². The number of phenols is 2. The Morgan fingerprint density at radius 3 is 2.31 bits per heavy atom. The number of nitrogens with one attached hydrogen (secondary N) is 1. The third-order valence-corrected chi connectivity index (χ3v) is 6.49. The molecule has 2 aromatic carbocycles. The van der Waals surface area contributed by atoms with Crippen molar-refractivity contribution in [1.82, 2.24) is 5.32 Å². The summed E-state index contributed by atoms with van der Waals surface area (Å²) in [5, 5.41) is 24.7. The lowest BCUT2D eigenvalue weighted by molar-refractivity contribution is 0.327. The molecule has 2 aromatic rings. The van der Waals surface area contributed by atoms with Crippen LogP contribution < -0.4 is 5.32 Å². The van der Waals surface area contributed by atoms with Crippen LogP contribution in [0.2, 0.25) is 0 Å². The molecule has 0 amide bonds. The van der Waals surface area contributed by atoms with Crippen molar-refractivity contribution in [3.63, 3.8) is 0 Å². The van der Waals surface area contributed by atoms with Gasteiger partial charge < -0.3 is 15.5 Å². The molecule has 0 heterocycles. The van der Waals surface area contributed by atoms with Gasteiger partial charge in [-0.25, -0.2) is 0 Å². The van der Waals surface area contributed by atoms with E-state index >= 15 is 0 Å². The molecule has 4 heteroatoms. The summed E-state index contributed by atoms with van der Waals surface area (Å²) in [6.45, 7) is 13.6. The minimum absolute atomic E-state index is 0.0110. The first-order chi connectivity index (χ1) is 15.0. The third-order valence-electron chi connectivity index (χ3n) is 6.49. The molecule has 0 aliphatic heterocycles. The van der Waals surface area contributed by atoms with E-state index in [2.05, 4.69) is 59.0 Å². The number of hydrogen-bond acceptors (Lipinski definition) is 4. The fourth-order valence-corrected chi connectivity index (χ4v) is 4.37. The number of phenolic OH excluding ortho intramolecular Hbond substituents is 2. The number of hydrogen-bond donors (Lipinski definition) is 3. The second-order valence-corrected chi connectivity index (χ2v) is 11.2. The minimum Gasteiger partial charge on any atom is -0.508 e. The van der Waals surface area contributed by atoms with Crippen LogP contribution in [-0.4, -0.2) is 28.5 Å². The zero-order valence-electron chi connectivity index (χ0n) is 20.6. The van der Waals surface area contributed by atoms with Crippen LogP contribution >= 0.6 is 0 Å². The highest BCUT2D eigenvalue weighted by molar-refractivity contribution is 5.85. The lowest BCUT2D eigenvalue weighted by Crippen LogP contribution is -2.40. The highest BCUT2D eigenvalue weighted by atomic mass is 16.3. The summed E-state index contributed by atoms with van der Waals surface area (Å²) in [5.41, 5.74) is 3.71. The highest BCUT2D eigenvalue weighted by Crippen LogP contribution is 2.37. The van der Waals surface area contributed by atoms with Gasteiger partial charge in [0, 0.05) is 35.5 Å². The maximum Gasteiger partial charge on any atom is 0.128 e. The van der Waals surface area contributed by atoms with E-state index in [0.29, 0.717) is 18.0 Å². The van der Waals surface area contributed by atoms with E-state index in [-0.39, 0.29) is 22.9 Å². The number of benzene rings is 2. The van der Waals surface area contributed by atoms with Crippen molar-refractivity contribution in [2.45, 2.75) is 96.7 Å². The molecule has 0 radical (unpaired) electrons. The highest BCUT2D eigenvalue weighted by Gasteiger charge is 2.26. The van der Waals surface area contributed by atoms with Crippen LogP contribution in [0.25, 0.3) is 0 Å². The molecular formula is C28H40N2O2. The molecule has 0 bridgehead atoms. The van der Waals surface area contributed by atoms with Crippen LogP contribution in [0.5, 0.6) is 11.5 Å². The molecule has 174 valence electrons. The van der Waals surface area contributed by atoms with Crippen molar-refractivity contribution in [1.29, 1.82) is 0 Å². The Balaban J connectivity index is 1.84. The molecule has 0 aromatic heterocycles. The topological polar surface area (TPSA) is 64.9 Å². The maximum atomic E-state index is 11.1. The van der Waals surface area contributed by atoms with Gasteiger partial charge in [-0.1, -0.05) is 78.6 Å². The van der Waals surface area contributed by atoms with Gasteiger partial charge in [0.05, 0.1) is 6.04 Å². The van der Waals surface area contributed by atoms with Crippen molar-refractivity contribution in [2.24, 2.45) is 4.99 Å². The summed E-state index contributed by atoms with van der Waals surface area (Å²) in [4.78, 5) is 4.97. The minimum atomic E-state index is -0.152. The maximum absolute atomic E-state index is 11.1. The molecule has 1 saturated carbocycles. The van der Waals surface area contributed by atoms with Gasteiger partial charge in [-0.2, -0.15) is 0 Å². The summed E-state index contributed by atoms with van der Waals surface area (Å²) in [6.07, 6.45) is 6.32. The molecular weight excluding hydrogens is 396 g/mol. The van der Waals surface area contributed by atoms with Gasteiger partial charge >= 0.3 is 0 Å². The summed E-state index contributed by atoms with van der Waals surface area (Å²) in [6, 6.07) is 12.1. The zero-order valence-corrected chi connectivity index (χ0v) is 20.6. The van der Waals surface area contributed by atoms with Gasteiger partial charge in [-0.3, -0.25) is 4.99 Å². The van der Waals surface area contributed by atoms with E-state index in [0.717, 1.165) is 36.0 Å². The van der Waals surface area contributed by atoms with E-state index in [1.807, 2.05) is 24.4 Å². The summed E-state index contributed by atoms with van der Waals surface area (Å²) < 4.78 is 0. The molecule has 1 aliphatic carbocycles. The molecule has 0 spiro atoms. The Labute approximate surface area is 193 Å². The lowest BCUT2D eigenvalue weighted by Gasteiger charge is -2.30. The Morgan fingerprint density at radius 2 is 1.66 bits per heavy atom. The van der Waals surface area contributed by atoms with Crippen molar-refractivity contribution in [3.05, 3.63) is 58.7 Å². The number of aliphatic imine (C=N–C) groups is 1. The van der Waals surface area contributed by atoms with Gasteiger partial charge in [0.15, 0.2) is 0 Å². The summed E-state index contributed by atoms with van der Waals surface area (Å²) in [7, 11) is 0. The average molecular weight is 437 g/mol. The SMILES string of the molecule is CC(C)(C)c1cc(C=NC2CCCCC2NCc2ccccc2O)c(O)c(C(C)(C)C)c1. The first kappa shape index (κ1) is 24.3. The Morgan fingerprint density at radius 1 is 0.969 bits per heavy atom. The van der Waals surface area contributed by atoms with Crippen molar-refractivity contribution >= 4 is 6.21 Å². The van der Waals surface area contributed by atoms with Crippen molar-refractivity contribution in [3.8, 4) is 11.5 Å². The number of rotatable bonds is 5. The molecule has 32 heavy (non-hydrogen) atoms. The monoisotopic (exact) mass is 436 g/mol. The standard InChI is InChI=1S/C28H40N2O2/c1-27(2,3)21-15-20(26(32)22(16-21)28(4,5)6)18-30-24-13-9-8-12-23(24)29-17-19-11-7-10-14-25(19)31/h7,10-11,14-16,18,23-24,29,31-32H,8-9,12-13,17H2,1-6H3. The predicted molar refractivity (Wildman–Crippen MR) is 134 cm³/mol. The molecule has 2 atom stereocenters. The summed E-state index contributed by atoms with van der Waals surface area (Å²) in [5.74, 6) is 0.665. The van der Waals surface area contributed by atoms with E-state index in [1.54, 1.807) is 6.07 Å². The number of aromatic hydroxyl groups is 2. The van der Waals surface area contributed by atoms with Gasteiger partial charge in [0.2, 0.25) is 0 Å². The van der Waals surface area contributed by atoms with Crippen LogP contribution in [0.4, 0.5) is 0 Å². The molecule has 0 saturated heterocycles. The third kappa shape index (κ3) is 5.92. The summed E-state index contributed by atoms with van der Waals surface area (Å²) >= 11 is 0. The molecule has 3 N–H and O–H groups in total. The predicted octanol–water partition coefficient (Wildman–Crippen LogP) is 6.21. The van der Waals surface area contributed by atoms with Crippen LogP contribution in [0, 0.1) is 0 Å². The van der Waals surface area contributed by atoms with E-state index in [4.69, 9.17) is 4.99 Å². The van der Waals surface area contributed by atoms with Gasteiger partial charge in [0.25, 0.3) is 0 Å². The van der Waals surface area contributed by atoms with Gasteiger partial charge in [0.1, 0.15) is 11.5 Å². The van der Waals surface area contributed by atoms with E-state index in [1.165, 1.54) is 12.0 Å². The molecule has 3 rings (SSSR count). The second kappa shape index (κ2) is 9.66. The Kier molecular flexibility index (Phi) is 7.34. The van der Waals surface area contributed by atoms with E-state index in [9.17, 15) is 10.2 Å². The Hall–Kier alpha value is -2.33. The van der Waals surface area contributed by atoms with Gasteiger partial charge in [-0.15, -0.1) is 0 Å². The molecule has 1 aliphatic rings. The number of nitrogens with zero attached hydrogens (tertiary/aromatic N) is 1. The average Bonchev–Trinajstić information content (AvgIpc) is 2.71. The zero-order chi connectivity index (χ0) is 23.5. The fourth-order valence-electron chi connectivity index (χ4n) is 4.37. The second-order valence-electron chi connectivity index (χ2n) is 11.2. The lowest BCUT2D eigenvalue weighted by atomic mass is 9.79. The van der Waals surface area contributed by atoms with Crippen LogP contribution in [0.15, 0.2) is 41.4 Å². The van der Waals surface area contributed by atoms with Crippen molar-refractivity contribution in [2.75, 3.05) is 0 Å². The number of para-hydroxylation sites is 1. The molecule has 4 nitrogen and oxygen atoms in total. The van der Waals surface area contributed by atoms with Crippen LogP contribution in [0.1, 0.15) is 89.5 Å².